The minimum Gasteiger partial charge on any atom is -0.341 e. The molecule has 1 aliphatic heterocycles. The van der Waals surface area contributed by atoms with Gasteiger partial charge in [-0.1, -0.05) is 30.7 Å². The summed E-state index contributed by atoms with van der Waals surface area (Å²) in [6, 6.07) is 17.3. The van der Waals surface area contributed by atoms with Gasteiger partial charge in [-0.15, -0.1) is 10.2 Å². The fourth-order valence-corrected chi connectivity index (χ4v) is 4.50. The van der Waals surface area contributed by atoms with Crippen LogP contribution in [-0.4, -0.2) is 19.3 Å². The zero-order valence-corrected chi connectivity index (χ0v) is 16.6. The third-order valence-corrected chi connectivity index (χ3v) is 5.89. The second kappa shape index (κ2) is 7.21. The van der Waals surface area contributed by atoms with Gasteiger partial charge in [-0.2, -0.15) is 5.26 Å². The molecule has 0 amide bonds. The third-order valence-electron chi connectivity index (χ3n) is 5.89. The maximum Gasteiger partial charge on any atom is 0.174 e. The molecule has 5 nitrogen and oxygen atoms in total. The first kappa shape index (κ1) is 17.7. The van der Waals surface area contributed by atoms with Gasteiger partial charge in [-0.25, -0.2) is 0 Å². The van der Waals surface area contributed by atoms with E-state index in [1.165, 1.54) is 28.2 Å². The number of benzene rings is 2. The summed E-state index contributed by atoms with van der Waals surface area (Å²) >= 11 is 0. The average Bonchev–Trinajstić information content (AvgIpc) is 3.21. The molecule has 0 radical (unpaired) electrons. The summed E-state index contributed by atoms with van der Waals surface area (Å²) in [6.07, 6.45) is 6.33. The Kier molecular flexibility index (Phi) is 4.40. The quantitative estimate of drug-likeness (QED) is 0.459. The topological polar surface area (TPSA) is 59.4 Å². The lowest BCUT2D eigenvalue weighted by Gasteiger charge is -2.06. The Bertz CT molecular complexity index is 1280. The van der Waals surface area contributed by atoms with Gasteiger partial charge in [0.1, 0.15) is 11.9 Å². The van der Waals surface area contributed by atoms with Crippen molar-refractivity contribution in [2.45, 2.75) is 45.7 Å². The number of para-hydroxylation sites is 1. The highest BCUT2D eigenvalue weighted by atomic mass is 15.3. The molecular formula is C24H23N5. The van der Waals surface area contributed by atoms with E-state index in [0.29, 0.717) is 11.4 Å². The number of hydrogen-bond donors (Lipinski definition) is 0. The van der Waals surface area contributed by atoms with Gasteiger partial charge in [0.2, 0.25) is 0 Å². The van der Waals surface area contributed by atoms with E-state index in [0.717, 1.165) is 43.7 Å². The number of hydrogen-bond acceptors (Lipinski definition) is 3. The highest BCUT2D eigenvalue weighted by molar-refractivity contribution is 6.09. The molecule has 2 aromatic heterocycles. The van der Waals surface area contributed by atoms with Crippen LogP contribution < -0.4 is 0 Å². The van der Waals surface area contributed by atoms with E-state index in [9.17, 15) is 5.26 Å². The van der Waals surface area contributed by atoms with Crippen LogP contribution in [0, 0.1) is 11.3 Å². The maximum absolute atomic E-state index is 9.85. The summed E-state index contributed by atoms with van der Waals surface area (Å²) in [5.41, 5.74) is 4.05. The van der Waals surface area contributed by atoms with E-state index in [1.54, 1.807) is 0 Å². The van der Waals surface area contributed by atoms with Crippen LogP contribution in [-0.2, 0) is 19.5 Å². The molecule has 0 bridgehead atoms. The summed E-state index contributed by atoms with van der Waals surface area (Å²) in [4.78, 5) is 0. The Morgan fingerprint density at radius 3 is 2.79 bits per heavy atom. The SMILES string of the molecule is CCn1c2ccccc2c2cc(C=C(C#N)c3nnc4n3CCCCC4)ccc21. The zero-order valence-electron chi connectivity index (χ0n) is 16.6. The van der Waals surface area contributed by atoms with Gasteiger partial charge in [0.25, 0.3) is 0 Å². The molecule has 0 unspecified atom stereocenters. The summed E-state index contributed by atoms with van der Waals surface area (Å²) in [5.74, 6) is 1.70. The Morgan fingerprint density at radius 2 is 1.93 bits per heavy atom. The number of nitriles is 1. The van der Waals surface area contributed by atoms with Crippen molar-refractivity contribution in [2.75, 3.05) is 0 Å². The molecule has 0 saturated heterocycles. The van der Waals surface area contributed by atoms with Gasteiger partial charge in [0.05, 0.1) is 5.57 Å². The van der Waals surface area contributed by atoms with E-state index in [-0.39, 0.29) is 0 Å². The molecule has 0 spiro atoms. The number of aryl methyl sites for hydroxylation is 2. The van der Waals surface area contributed by atoms with Crippen molar-refractivity contribution < 1.29 is 0 Å². The van der Waals surface area contributed by atoms with E-state index >= 15 is 0 Å². The molecule has 3 heterocycles. The molecule has 2 aromatic carbocycles. The first-order valence-corrected chi connectivity index (χ1v) is 10.4. The van der Waals surface area contributed by atoms with Gasteiger partial charge in [0, 0.05) is 41.3 Å². The van der Waals surface area contributed by atoms with Gasteiger partial charge in [-0.3, -0.25) is 0 Å². The Labute approximate surface area is 169 Å². The van der Waals surface area contributed by atoms with Crippen molar-refractivity contribution in [2.24, 2.45) is 0 Å². The molecular weight excluding hydrogens is 358 g/mol. The summed E-state index contributed by atoms with van der Waals surface area (Å²) in [7, 11) is 0. The predicted octanol–water partition coefficient (Wildman–Crippen LogP) is 5.20. The number of allylic oxidation sites excluding steroid dienone is 1. The summed E-state index contributed by atoms with van der Waals surface area (Å²) in [5, 5.41) is 21.0. The summed E-state index contributed by atoms with van der Waals surface area (Å²) < 4.78 is 4.46. The second-order valence-electron chi connectivity index (χ2n) is 7.61. The molecule has 0 atom stereocenters. The largest absolute Gasteiger partial charge is 0.341 e. The van der Waals surface area contributed by atoms with Crippen molar-refractivity contribution in [3.05, 3.63) is 59.7 Å². The molecule has 0 fully saturated rings. The van der Waals surface area contributed by atoms with Crippen molar-refractivity contribution in [3.63, 3.8) is 0 Å². The minimum atomic E-state index is 0.573. The van der Waals surface area contributed by atoms with E-state index in [1.807, 2.05) is 6.08 Å². The fourth-order valence-electron chi connectivity index (χ4n) is 4.50. The highest BCUT2D eigenvalue weighted by Gasteiger charge is 2.18. The van der Waals surface area contributed by atoms with Crippen LogP contribution in [0.5, 0.6) is 0 Å². The molecule has 1 aliphatic rings. The average molecular weight is 381 g/mol. The van der Waals surface area contributed by atoms with Crippen LogP contribution in [0.2, 0.25) is 0 Å². The number of rotatable bonds is 3. The molecule has 144 valence electrons. The fraction of sp³-hybridized carbons (Fsp3) is 0.292. The van der Waals surface area contributed by atoms with Crippen molar-refractivity contribution in [3.8, 4) is 6.07 Å². The van der Waals surface area contributed by atoms with Gasteiger partial charge in [-0.05, 0) is 49.6 Å². The first-order valence-electron chi connectivity index (χ1n) is 10.4. The lowest BCUT2D eigenvalue weighted by Crippen LogP contribution is -2.05. The van der Waals surface area contributed by atoms with Gasteiger partial charge >= 0.3 is 0 Å². The van der Waals surface area contributed by atoms with Crippen LogP contribution in [0.15, 0.2) is 42.5 Å². The Balaban J connectivity index is 1.64. The van der Waals surface area contributed by atoms with Gasteiger partial charge < -0.3 is 9.13 Å². The molecule has 5 rings (SSSR count). The van der Waals surface area contributed by atoms with Crippen molar-refractivity contribution in [1.29, 1.82) is 5.26 Å². The highest BCUT2D eigenvalue weighted by Crippen LogP contribution is 2.31. The van der Waals surface area contributed by atoms with E-state index in [2.05, 4.69) is 74.8 Å². The van der Waals surface area contributed by atoms with E-state index in [4.69, 9.17) is 0 Å². The molecule has 0 saturated carbocycles. The predicted molar refractivity (Wildman–Crippen MR) is 116 cm³/mol. The molecule has 5 heteroatoms. The van der Waals surface area contributed by atoms with Crippen LogP contribution in [0.1, 0.15) is 43.4 Å². The zero-order chi connectivity index (χ0) is 19.8. The van der Waals surface area contributed by atoms with Crippen molar-refractivity contribution in [1.82, 2.24) is 19.3 Å². The van der Waals surface area contributed by atoms with Crippen LogP contribution >= 0.6 is 0 Å². The smallest absolute Gasteiger partial charge is 0.174 e. The molecule has 0 aliphatic carbocycles. The number of nitrogens with zero attached hydrogens (tertiary/aromatic N) is 5. The monoisotopic (exact) mass is 381 g/mol. The van der Waals surface area contributed by atoms with E-state index < -0.39 is 0 Å². The number of aromatic nitrogens is 4. The molecule has 29 heavy (non-hydrogen) atoms. The Hall–Kier alpha value is -3.39. The molecule has 0 N–H and O–H groups in total. The third kappa shape index (κ3) is 2.92. The lowest BCUT2D eigenvalue weighted by molar-refractivity contribution is 0.627. The Morgan fingerprint density at radius 1 is 1.07 bits per heavy atom. The van der Waals surface area contributed by atoms with Crippen LogP contribution in [0.4, 0.5) is 0 Å². The summed E-state index contributed by atoms with van der Waals surface area (Å²) in [6.45, 7) is 3.98. The van der Waals surface area contributed by atoms with Crippen LogP contribution in [0.3, 0.4) is 0 Å². The minimum absolute atomic E-state index is 0.573. The normalized spacial score (nSPS) is 14.7. The first-order chi connectivity index (χ1) is 14.3. The second-order valence-corrected chi connectivity index (χ2v) is 7.61. The van der Waals surface area contributed by atoms with Crippen LogP contribution in [0.25, 0.3) is 33.5 Å². The lowest BCUT2D eigenvalue weighted by atomic mass is 10.1. The maximum atomic E-state index is 9.85. The van der Waals surface area contributed by atoms with Gasteiger partial charge in [0.15, 0.2) is 5.82 Å². The van der Waals surface area contributed by atoms with Crippen molar-refractivity contribution >= 4 is 33.5 Å². The standard InChI is InChI=1S/C24H23N5/c1-2-28-21-9-6-5-8-19(21)20-15-17(11-12-22(20)28)14-18(16-25)24-27-26-23-10-4-3-7-13-29(23)24/h5-6,8-9,11-12,14-15H,2-4,7,10,13H2,1H3. The molecule has 4 aromatic rings. The number of fused-ring (bicyclic) bond motifs is 4.